The van der Waals surface area contributed by atoms with Crippen molar-refractivity contribution < 1.29 is 19.1 Å². The summed E-state index contributed by atoms with van der Waals surface area (Å²) < 4.78 is 10.3. The zero-order valence-electron chi connectivity index (χ0n) is 13.3. The van der Waals surface area contributed by atoms with E-state index in [0.29, 0.717) is 11.4 Å². The monoisotopic (exact) mass is 333 g/mol. The number of methoxy groups -OCH3 is 1. The normalized spacial score (nSPS) is 11.6. The van der Waals surface area contributed by atoms with Crippen molar-refractivity contribution in [3.05, 3.63) is 51.7 Å². The molecule has 0 saturated carbocycles. The average Bonchev–Trinajstić information content (AvgIpc) is 2.99. The van der Waals surface area contributed by atoms with Crippen LogP contribution in [0.2, 0.25) is 0 Å². The number of hydrogen-bond acceptors (Lipinski definition) is 5. The standard InChI is InChI=1S/C17H19NO4S/c1-11-8-9-23-15(11)17(20)22-12(2)16(19)18-10-13-4-6-14(21-3)7-5-13/h4-9,12H,10H2,1-3H3,(H,18,19)/t12-/m0/s1. The number of ether oxygens (including phenoxy) is 2. The second-order valence-electron chi connectivity index (χ2n) is 5.05. The van der Waals surface area contributed by atoms with Crippen LogP contribution in [0.4, 0.5) is 0 Å². The van der Waals surface area contributed by atoms with Gasteiger partial charge in [0, 0.05) is 6.54 Å². The largest absolute Gasteiger partial charge is 0.497 e. The van der Waals surface area contributed by atoms with Gasteiger partial charge in [-0.1, -0.05) is 12.1 Å². The number of benzene rings is 1. The number of rotatable bonds is 6. The van der Waals surface area contributed by atoms with Gasteiger partial charge < -0.3 is 14.8 Å². The molecule has 0 spiro atoms. The van der Waals surface area contributed by atoms with Crippen molar-refractivity contribution in [3.8, 4) is 5.75 Å². The van der Waals surface area contributed by atoms with Gasteiger partial charge >= 0.3 is 5.97 Å². The minimum absolute atomic E-state index is 0.330. The van der Waals surface area contributed by atoms with E-state index in [4.69, 9.17) is 9.47 Å². The van der Waals surface area contributed by atoms with Crippen LogP contribution in [0.25, 0.3) is 0 Å². The lowest BCUT2D eigenvalue weighted by atomic mass is 10.2. The summed E-state index contributed by atoms with van der Waals surface area (Å²) in [4.78, 5) is 24.5. The summed E-state index contributed by atoms with van der Waals surface area (Å²) in [5.74, 6) is -0.0401. The third-order valence-corrected chi connectivity index (χ3v) is 4.32. The molecular weight excluding hydrogens is 314 g/mol. The predicted molar refractivity (Wildman–Crippen MR) is 88.8 cm³/mol. The van der Waals surface area contributed by atoms with E-state index in [2.05, 4.69) is 5.32 Å². The van der Waals surface area contributed by atoms with Gasteiger partial charge in [0.25, 0.3) is 5.91 Å². The van der Waals surface area contributed by atoms with Gasteiger partial charge in [-0.3, -0.25) is 4.79 Å². The molecule has 0 saturated heterocycles. The molecule has 0 radical (unpaired) electrons. The summed E-state index contributed by atoms with van der Waals surface area (Å²) in [6, 6.07) is 9.22. The molecule has 0 fully saturated rings. The van der Waals surface area contributed by atoms with E-state index < -0.39 is 12.1 Å². The van der Waals surface area contributed by atoms with Crippen LogP contribution in [0.15, 0.2) is 35.7 Å². The molecule has 122 valence electrons. The van der Waals surface area contributed by atoms with Gasteiger partial charge in [-0.15, -0.1) is 11.3 Å². The van der Waals surface area contributed by atoms with Gasteiger partial charge in [-0.25, -0.2) is 4.79 Å². The van der Waals surface area contributed by atoms with E-state index in [1.54, 1.807) is 14.0 Å². The van der Waals surface area contributed by atoms with E-state index in [1.165, 1.54) is 11.3 Å². The van der Waals surface area contributed by atoms with Crippen LogP contribution in [0.3, 0.4) is 0 Å². The van der Waals surface area contributed by atoms with Crippen molar-refractivity contribution in [1.29, 1.82) is 0 Å². The number of carbonyl (C=O) groups is 2. The Bertz CT molecular complexity index is 678. The van der Waals surface area contributed by atoms with Crippen LogP contribution >= 0.6 is 11.3 Å². The molecule has 6 heteroatoms. The van der Waals surface area contributed by atoms with Crippen molar-refractivity contribution >= 4 is 23.2 Å². The third kappa shape index (κ3) is 4.56. The fourth-order valence-electron chi connectivity index (χ4n) is 1.93. The molecule has 1 aromatic carbocycles. The van der Waals surface area contributed by atoms with E-state index in [1.807, 2.05) is 42.6 Å². The molecule has 2 aromatic rings. The van der Waals surface area contributed by atoms with Gasteiger partial charge in [0.15, 0.2) is 6.10 Å². The highest BCUT2D eigenvalue weighted by atomic mass is 32.1. The molecule has 0 unspecified atom stereocenters. The number of carbonyl (C=O) groups excluding carboxylic acids is 2. The van der Waals surface area contributed by atoms with Crippen molar-refractivity contribution in [2.45, 2.75) is 26.5 Å². The first-order chi connectivity index (χ1) is 11.0. The molecule has 0 aliphatic heterocycles. The fourth-order valence-corrected chi connectivity index (χ4v) is 2.73. The molecule has 0 aliphatic rings. The quantitative estimate of drug-likeness (QED) is 0.826. The summed E-state index contributed by atoms with van der Waals surface area (Å²) in [6.07, 6.45) is -0.845. The molecule has 1 N–H and O–H groups in total. The molecule has 1 amide bonds. The highest BCUT2D eigenvalue weighted by molar-refractivity contribution is 7.12. The molecule has 0 aliphatic carbocycles. The van der Waals surface area contributed by atoms with E-state index in [9.17, 15) is 9.59 Å². The number of nitrogens with one attached hydrogen (secondary N) is 1. The molecule has 0 bridgehead atoms. The molecule has 23 heavy (non-hydrogen) atoms. The van der Waals surface area contributed by atoms with Gasteiger partial charge in [-0.05, 0) is 48.6 Å². The summed E-state index contributed by atoms with van der Waals surface area (Å²) in [5, 5.41) is 4.57. The summed E-state index contributed by atoms with van der Waals surface area (Å²) in [7, 11) is 1.60. The smallest absolute Gasteiger partial charge is 0.349 e. The SMILES string of the molecule is COc1ccc(CNC(=O)[C@H](C)OC(=O)c2sccc2C)cc1. The lowest BCUT2D eigenvalue weighted by Gasteiger charge is -2.13. The van der Waals surface area contributed by atoms with Crippen molar-refractivity contribution in [3.63, 3.8) is 0 Å². The Hall–Kier alpha value is -2.34. The van der Waals surface area contributed by atoms with Gasteiger partial charge in [-0.2, -0.15) is 0 Å². The predicted octanol–water partition coefficient (Wildman–Crippen LogP) is 2.93. The fraction of sp³-hybridized carbons (Fsp3) is 0.294. The Morgan fingerprint density at radius 3 is 2.48 bits per heavy atom. The molecule has 1 atom stereocenters. The Morgan fingerprint density at radius 1 is 1.22 bits per heavy atom. The summed E-state index contributed by atoms with van der Waals surface area (Å²) in [5.41, 5.74) is 1.79. The summed E-state index contributed by atoms with van der Waals surface area (Å²) in [6.45, 7) is 3.76. The first-order valence-electron chi connectivity index (χ1n) is 7.17. The first-order valence-corrected chi connectivity index (χ1v) is 8.05. The molecular formula is C17H19NO4S. The third-order valence-electron chi connectivity index (χ3n) is 3.33. The highest BCUT2D eigenvalue weighted by Crippen LogP contribution is 2.17. The minimum Gasteiger partial charge on any atom is -0.497 e. The topological polar surface area (TPSA) is 64.6 Å². The van der Waals surface area contributed by atoms with Gasteiger partial charge in [0.05, 0.1) is 7.11 Å². The van der Waals surface area contributed by atoms with Crippen molar-refractivity contribution in [2.75, 3.05) is 7.11 Å². The van der Waals surface area contributed by atoms with E-state index in [-0.39, 0.29) is 5.91 Å². The van der Waals surface area contributed by atoms with Crippen LogP contribution < -0.4 is 10.1 Å². The minimum atomic E-state index is -0.845. The van der Waals surface area contributed by atoms with Crippen LogP contribution in [-0.4, -0.2) is 25.1 Å². The first kappa shape index (κ1) is 17.0. The molecule has 1 aromatic heterocycles. The van der Waals surface area contributed by atoms with Crippen molar-refractivity contribution in [2.24, 2.45) is 0 Å². The number of amides is 1. The number of esters is 1. The van der Waals surface area contributed by atoms with Crippen LogP contribution in [0.5, 0.6) is 5.75 Å². The van der Waals surface area contributed by atoms with Crippen LogP contribution in [0.1, 0.15) is 27.7 Å². The van der Waals surface area contributed by atoms with Crippen LogP contribution in [0, 0.1) is 6.92 Å². The zero-order valence-corrected chi connectivity index (χ0v) is 14.1. The maximum Gasteiger partial charge on any atom is 0.349 e. The number of hydrogen-bond donors (Lipinski definition) is 1. The maximum atomic E-state index is 12.0. The Morgan fingerprint density at radius 2 is 1.91 bits per heavy atom. The van der Waals surface area contributed by atoms with Gasteiger partial charge in [0.1, 0.15) is 10.6 Å². The second kappa shape index (κ2) is 7.78. The number of thiophene rings is 1. The number of aryl methyl sites for hydroxylation is 1. The lowest BCUT2D eigenvalue weighted by Crippen LogP contribution is -2.35. The van der Waals surface area contributed by atoms with E-state index in [0.717, 1.165) is 16.9 Å². The Balaban J connectivity index is 1.84. The summed E-state index contributed by atoms with van der Waals surface area (Å²) >= 11 is 1.31. The lowest BCUT2D eigenvalue weighted by molar-refractivity contribution is -0.129. The second-order valence-corrected chi connectivity index (χ2v) is 5.96. The van der Waals surface area contributed by atoms with E-state index >= 15 is 0 Å². The zero-order chi connectivity index (χ0) is 16.8. The Kier molecular flexibility index (Phi) is 5.76. The maximum absolute atomic E-state index is 12.0. The van der Waals surface area contributed by atoms with Gasteiger partial charge in [0.2, 0.25) is 0 Å². The van der Waals surface area contributed by atoms with Crippen LogP contribution in [-0.2, 0) is 16.1 Å². The highest BCUT2D eigenvalue weighted by Gasteiger charge is 2.20. The van der Waals surface area contributed by atoms with Crippen molar-refractivity contribution in [1.82, 2.24) is 5.32 Å². The molecule has 2 rings (SSSR count). The average molecular weight is 333 g/mol. The Labute approximate surface area is 139 Å². The molecule has 5 nitrogen and oxygen atoms in total. The molecule has 1 heterocycles.